The summed E-state index contributed by atoms with van der Waals surface area (Å²) in [6.07, 6.45) is 0. The molecule has 0 aromatic carbocycles. The van der Waals surface area contributed by atoms with E-state index < -0.39 is 0 Å². The van der Waals surface area contributed by atoms with Gasteiger partial charge in [-0.2, -0.15) is 0 Å². The summed E-state index contributed by atoms with van der Waals surface area (Å²) in [7, 11) is 1.58. The van der Waals surface area contributed by atoms with Crippen molar-refractivity contribution in [1.82, 2.24) is 10.5 Å². The van der Waals surface area contributed by atoms with Crippen LogP contribution in [0.5, 0.6) is 0 Å². The number of carbonyl (C=O) groups is 1. The number of carbonyl (C=O) groups excluding carboxylic acids is 1. The van der Waals surface area contributed by atoms with Gasteiger partial charge in [0.05, 0.1) is 12.3 Å². The summed E-state index contributed by atoms with van der Waals surface area (Å²) in [6, 6.07) is 1.55. The molecule has 1 N–H and O–H groups in total. The summed E-state index contributed by atoms with van der Waals surface area (Å²) in [6.45, 7) is 4.09. The molecule has 0 unspecified atom stereocenters. The smallest absolute Gasteiger partial charge is 0.290 e. The van der Waals surface area contributed by atoms with Gasteiger partial charge in [-0.15, -0.1) is 0 Å². The van der Waals surface area contributed by atoms with E-state index in [9.17, 15) is 4.79 Å². The van der Waals surface area contributed by atoms with Crippen LogP contribution < -0.4 is 5.32 Å². The molecule has 1 aromatic rings. The monoisotopic (exact) mass is 198 g/mol. The first kappa shape index (κ1) is 10.7. The molecule has 1 atom stereocenters. The predicted octanol–water partition coefficient (Wildman–Crippen LogP) is 0.748. The Morgan fingerprint density at radius 2 is 2.50 bits per heavy atom. The Morgan fingerprint density at radius 1 is 1.79 bits per heavy atom. The minimum atomic E-state index is -0.268. The minimum absolute atomic E-state index is 0.0436. The summed E-state index contributed by atoms with van der Waals surface area (Å²) in [5.41, 5.74) is 0.689. The maximum Gasteiger partial charge on any atom is 0.290 e. The lowest BCUT2D eigenvalue weighted by Gasteiger charge is -2.10. The van der Waals surface area contributed by atoms with Crippen LogP contribution in [0.2, 0.25) is 0 Å². The molecule has 5 heteroatoms. The van der Waals surface area contributed by atoms with Gasteiger partial charge in [0.1, 0.15) is 0 Å². The lowest BCUT2D eigenvalue weighted by molar-refractivity contribution is 0.0869. The van der Waals surface area contributed by atoms with E-state index in [2.05, 4.69) is 10.5 Å². The summed E-state index contributed by atoms with van der Waals surface area (Å²) >= 11 is 0. The van der Waals surface area contributed by atoms with Crippen molar-refractivity contribution in [2.75, 3.05) is 13.7 Å². The Labute approximate surface area is 82.4 Å². The van der Waals surface area contributed by atoms with Crippen molar-refractivity contribution in [3.05, 3.63) is 17.5 Å². The highest BCUT2D eigenvalue weighted by Crippen LogP contribution is 2.01. The molecule has 0 aliphatic rings. The first-order valence-electron chi connectivity index (χ1n) is 4.36. The number of nitrogens with one attached hydrogen (secondary N) is 1. The highest BCUT2D eigenvalue weighted by molar-refractivity contribution is 5.91. The molecule has 5 nitrogen and oxygen atoms in total. The summed E-state index contributed by atoms with van der Waals surface area (Å²) < 4.78 is 9.69. The number of nitrogens with zero attached hydrogens (tertiary/aromatic N) is 1. The third-order valence-electron chi connectivity index (χ3n) is 1.65. The molecule has 0 aliphatic heterocycles. The van der Waals surface area contributed by atoms with E-state index in [1.165, 1.54) is 0 Å². The van der Waals surface area contributed by atoms with Gasteiger partial charge >= 0.3 is 0 Å². The molecule has 78 valence electrons. The SMILES string of the molecule is COC[C@H](C)NC(=O)c1cc(C)no1. The molecule has 0 radical (unpaired) electrons. The molecule has 0 saturated heterocycles. The number of rotatable bonds is 4. The van der Waals surface area contributed by atoms with Crippen LogP contribution in [-0.2, 0) is 4.74 Å². The van der Waals surface area contributed by atoms with E-state index >= 15 is 0 Å². The van der Waals surface area contributed by atoms with Crippen LogP contribution in [0.25, 0.3) is 0 Å². The van der Waals surface area contributed by atoms with Gasteiger partial charge in [-0.3, -0.25) is 4.79 Å². The van der Waals surface area contributed by atoms with Crippen LogP contribution in [0, 0.1) is 6.92 Å². The summed E-state index contributed by atoms with van der Waals surface area (Å²) in [5, 5.41) is 6.34. The van der Waals surface area contributed by atoms with Crippen molar-refractivity contribution < 1.29 is 14.1 Å². The molecule has 0 aliphatic carbocycles. The molecule has 0 spiro atoms. The fourth-order valence-corrected chi connectivity index (χ4v) is 1.06. The van der Waals surface area contributed by atoms with Crippen LogP contribution in [-0.4, -0.2) is 30.8 Å². The zero-order chi connectivity index (χ0) is 10.6. The standard InChI is InChI=1S/C9H14N2O3/c1-6-4-8(14-11-6)9(12)10-7(2)5-13-3/h4,7H,5H2,1-3H3,(H,10,12)/t7-/m0/s1. The number of hydrogen-bond acceptors (Lipinski definition) is 4. The van der Waals surface area contributed by atoms with E-state index in [-0.39, 0.29) is 17.7 Å². The van der Waals surface area contributed by atoms with E-state index in [0.717, 1.165) is 0 Å². The topological polar surface area (TPSA) is 64.4 Å². The molecule has 1 aromatic heterocycles. The zero-order valence-corrected chi connectivity index (χ0v) is 8.53. The third kappa shape index (κ3) is 2.85. The average molecular weight is 198 g/mol. The zero-order valence-electron chi connectivity index (χ0n) is 8.53. The van der Waals surface area contributed by atoms with E-state index in [0.29, 0.717) is 12.3 Å². The van der Waals surface area contributed by atoms with Gasteiger partial charge in [0.25, 0.3) is 5.91 Å². The summed E-state index contributed by atoms with van der Waals surface area (Å²) in [4.78, 5) is 11.4. The van der Waals surface area contributed by atoms with E-state index in [1.807, 2.05) is 6.92 Å². The molecular weight excluding hydrogens is 184 g/mol. The number of ether oxygens (including phenoxy) is 1. The third-order valence-corrected chi connectivity index (χ3v) is 1.65. The fourth-order valence-electron chi connectivity index (χ4n) is 1.06. The molecule has 0 bridgehead atoms. The van der Waals surface area contributed by atoms with Crippen molar-refractivity contribution >= 4 is 5.91 Å². The predicted molar refractivity (Wildman–Crippen MR) is 50.0 cm³/mol. The van der Waals surface area contributed by atoms with Crippen LogP contribution in [0.4, 0.5) is 0 Å². The van der Waals surface area contributed by atoms with Crippen LogP contribution >= 0.6 is 0 Å². The van der Waals surface area contributed by atoms with Gasteiger partial charge in [-0.05, 0) is 13.8 Å². The van der Waals surface area contributed by atoms with Crippen LogP contribution in [0.1, 0.15) is 23.2 Å². The van der Waals surface area contributed by atoms with Crippen molar-refractivity contribution in [3.8, 4) is 0 Å². The normalized spacial score (nSPS) is 12.5. The Hall–Kier alpha value is -1.36. The second kappa shape index (κ2) is 4.76. The number of aromatic nitrogens is 1. The number of amides is 1. The Balaban J connectivity index is 2.50. The minimum Gasteiger partial charge on any atom is -0.383 e. The lowest BCUT2D eigenvalue weighted by Crippen LogP contribution is -2.35. The van der Waals surface area contributed by atoms with Crippen LogP contribution in [0.3, 0.4) is 0 Å². The highest BCUT2D eigenvalue weighted by atomic mass is 16.5. The van der Waals surface area contributed by atoms with E-state index in [1.54, 1.807) is 20.1 Å². The average Bonchev–Trinajstić information content (AvgIpc) is 2.52. The Kier molecular flexibility index (Phi) is 3.64. The van der Waals surface area contributed by atoms with Crippen molar-refractivity contribution in [3.63, 3.8) is 0 Å². The van der Waals surface area contributed by atoms with Gasteiger partial charge in [0.15, 0.2) is 0 Å². The Morgan fingerprint density at radius 3 is 3.00 bits per heavy atom. The quantitative estimate of drug-likeness (QED) is 0.775. The lowest BCUT2D eigenvalue weighted by atomic mass is 10.3. The molecule has 1 rings (SSSR count). The molecule has 14 heavy (non-hydrogen) atoms. The Bertz CT molecular complexity index is 309. The fraction of sp³-hybridized carbons (Fsp3) is 0.556. The van der Waals surface area contributed by atoms with Gasteiger partial charge in [-0.25, -0.2) is 0 Å². The van der Waals surface area contributed by atoms with Gasteiger partial charge in [-0.1, -0.05) is 5.16 Å². The number of hydrogen-bond donors (Lipinski definition) is 1. The first-order chi connectivity index (χ1) is 6.63. The van der Waals surface area contributed by atoms with Crippen molar-refractivity contribution in [1.29, 1.82) is 0 Å². The van der Waals surface area contributed by atoms with Gasteiger partial charge < -0.3 is 14.6 Å². The molecule has 1 heterocycles. The molecule has 0 fully saturated rings. The maximum absolute atomic E-state index is 11.4. The molecule has 0 saturated carbocycles. The van der Waals surface area contributed by atoms with Crippen molar-refractivity contribution in [2.45, 2.75) is 19.9 Å². The number of methoxy groups -OCH3 is 1. The van der Waals surface area contributed by atoms with E-state index in [4.69, 9.17) is 9.26 Å². The second-order valence-corrected chi connectivity index (χ2v) is 3.16. The van der Waals surface area contributed by atoms with Crippen LogP contribution in [0.15, 0.2) is 10.6 Å². The largest absolute Gasteiger partial charge is 0.383 e. The second-order valence-electron chi connectivity index (χ2n) is 3.16. The van der Waals surface area contributed by atoms with Gasteiger partial charge in [0.2, 0.25) is 5.76 Å². The maximum atomic E-state index is 11.4. The molecular formula is C9H14N2O3. The van der Waals surface area contributed by atoms with Gasteiger partial charge in [0, 0.05) is 19.2 Å². The highest BCUT2D eigenvalue weighted by Gasteiger charge is 2.13. The summed E-state index contributed by atoms with van der Waals surface area (Å²) in [5.74, 6) is -0.0411. The number of aryl methyl sites for hydroxylation is 1. The molecule has 1 amide bonds. The first-order valence-corrected chi connectivity index (χ1v) is 4.36. The van der Waals surface area contributed by atoms with Crippen molar-refractivity contribution in [2.24, 2.45) is 0 Å².